The average Bonchev–Trinajstić information content (AvgIpc) is 3.03. The molecule has 24 heavy (non-hydrogen) atoms. The van der Waals surface area contributed by atoms with Crippen LogP contribution in [0.3, 0.4) is 0 Å². The van der Waals surface area contributed by atoms with Gasteiger partial charge in [-0.15, -0.1) is 0 Å². The number of amides is 1. The van der Waals surface area contributed by atoms with E-state index < -0.39 is 17.6 Å². The molecule has 0 spiro atoms. The molecule has 4 nitrogen and oxygen atoms in total. The number of aromatic nitrogens is 1. The molecule has 2 aromatic rings. The van der Waals surface area contributed by atoms with Gasteiger partial charge in [-0.2, -0.15) is 13.2 Å². The number of nitrogens with one attached hydrogen (secondary N) is 1. The lowest BCUT2D eigenvalue weighted by Crippen LogP contribution is -2.37. The van der Waals surface area contributed by atoms with Crippen LogP contribution in [0.2, 0.25) is 0 Å². The third-order valence-electron chi connectivity index (χ3n) is 3.95. The maximum absolute atomic E-state index is 12.7. The van der Waals surface area contributed by atoms with Crippen molar-refractivity contribution < 1.29 is 18.0 Å². The fraction of sp³-hybridized carbons (Fsp3) is 0.294. The van der Waals surface area contributed by atoms with Crippen LogP contribution < -0.4 is 10.2 Å². The molecule has 1 aromatic heterocycles. The van der Waals surface area contributed by atoms with Crippen LogP contribution in [0.25, 0.3) is 0 Å². The lowest BCUT2D eigenvalue weighted by molar-refractivity contribution is -0.137. The molecule has 3 rings (SSSR count). The Hall–Kier alpha value is -2.57. The first-order chi connectivity index (χ1) is 11.4. The van der Waals surface area contributed by atoms with E-state index in [1.165, 1.54) is 12.1 Å². The number of benzene rings is 1. The Balaban J connectivity index is 1.64. The number of alkyl halides is 3. The fourth-order valence-electron chi connectivity index (χ4n) is 2.73. The van der Waals surface area contributed by atoms with Crippen molar-refractivity contribution in [2.45, 2.75) is 18.6 Å². The summed E-state index contributed by atoms with van der Waals surface area (Å²) in [5.41, 5.74) is -0.808. The zero-order chi connectivity index (χ0) is 17.2. The Morgan fingerprint density at radius 3 is 2.75 bits per heavy atom. The minimum atomic E-state index is -4.46. The molecule has 1 fully saturated rings. The van der Waals surface area contributed by atoms with Gasteiger partial charge in [-0.3, -0.25) is 4.79 Å². The van der Waals surface area contributed by atoms with Gasteiger partial charge in [0.25, 0.3) is 5.91 Å². The van der Waals surface area contributed by atoms with Gasteiger partial charge in [-0.25, -0.2) is 4.98 Å². The number of anilines is 1. The Morgan fingerprint density at radius 1 is 1.21 bits per heavy atom. The van der Waals surface area contributed by atoms with Crippen LogP contribution in [-0.4, -0.2) is 30.0 Å². The molecular weight excluding hydrogens is 319 g/mol. The molecule has 0 bridgehead atoms. The first kappa shape index (κ1) is 16.3. The van der Waals surface area contributed by atoms with Crippen LogP contribution in [0.15, 0.2) is 48.7 Å². The maximum atomic E-state index is 12.7. The molecule has 1 aliphatic rings. The Bertz CT molecular complexity index is 719. The molecule has 0 saturated carbocycles. The molecule has 2 heterocycles. The molecule has 7 heteroatoms. The molecule has 1 saturated heterocycles. The summed E-state index contributed by atoms with van der Waals surface area (Å²) in [6.07, 6.45) is -2.04. The third-order valence-corrected chi connectivity index (χ3v) is 3.95. The number of hydrogen-bond donors (Lipinski definition) is 1. The van der Waals surface area contributed by atoms with Gasteiger partial charge in [0.15, 0.2) is 0 Å². The van der Waals surface area contributed by atoms with E-state index in [0.29, 0.717) is 6.54 Å². The summed E-state index contributed by atoms with van der Waals surface area (Å²) in [6, 6.07) is 9.94. The van der Waals surface area contributed by atoms with Gasteiger partial charge in [-0.1, -0.05) is 12.1 Å². The summed E-state index contributed by atoms with van der Waals surface area (Å²) in [6.45, 7) is 1.33. The highest BCUT2D eigenvalue weighted by Crippen LogP contribution is 2.29. The second kappa shape index (κ2) is 6.51. The second-order valence-corrected chi connectivity index (χ2v) is 5.67. The van der Waals surface area contributed by atoms with Gasteiger partial charge >= 0.3 is 6.18 Å². The van der Waals surface area contributed by atoms with Crippen molar-refractivity contribution in [3.05, 3.63) is 59.8 Å². The minimum Gasteiger partial charge on any atom is -0.354 e. The number of carbonyl (C=O) groups excluding carboxylic acids is 1. The highest BCUT2D eigenvalue weighted by atomic mass is 19.4. The number of hydrogen-bond acceptors (Lipinski definition) is 3. The zero-order valence-corrected chi connectivity index (χ0v) is 12.8. The van der Waals surface area contributed by atoms with E-state index >= 15 is 0 Å². The molecule has 0 radical (unpaired) electrons. The molecule has 1 aromatic carbocycles. The minimum absolute atomic E-state index is 0.0149. The largest absolute Gasteiger partial charge is 0.416 e. The molecule has 1 amide bonds. The maximum Gasteiger partial charge on any atom is 0.416 e. The molecule has 1 aliphatic heterocycles. The van der Waals surface area contributed by atoms with Crippen molar-refractivity contribution >= 4 is 11.7 Å². The van der Waals surface area contributed by atoms with Crippen LogP contribution in [0.4, 0.5) is 19.0 Å². The Labute approximate surface area is 137 Å². The predicted molar refractivity (Wildman–Crippen MR) is 83.8 cm³/mol. The Morgan fingerprint density at radius 2 is 2.04 bits per heavy atom. The number of halogens is 3. The lowest BCUT2D eigenvalue weighted by atomic mass is 10.1. The van der Waals surface area contributed by atoms with Crippen molar-refractivity contribution in [2.24, 2.45) is 0 Å². The third kappa shape index (κ3) is 3.67. The monoisotopic (exact) mass is 335 g/mol. The molecule has 126 valence electrons. The van der Waals surface area contributed by atoms with Gasteiger partial charge < -0.3 is 10.2 Å². The smallest absolute Gasteiger partial charge is 0.354 e. The van der Waals surface area contributed by atoms with Gasteiger partial charge in [0, 0.05) is 30.9 Å². The summed E-state index contributed by atoms with van der Waals surface area (Å²) in [5, 5.41) is 2.80. The summed E-state index contributed by atoms with van der Waals surface area (Å²) in [7, 11) is 0. The SMILES string of the molecule is O=C(N[C@@H]1CCN(c2ccccn2)C1)c1cccc(C(F)(F)F)c1. The van der Waals surface area contributed by atoms with E-state index in [1.807, 2.05) is 23.1 Å². The second-order valence-electron chi connectivity index (χ2n) is 5.67. The van der Waals surface area contributed by atoms with Crippen molar-refractivity contribution in [1.29, 1.82) is 0 Å². The van der Waals surface area contributed by atoms with Crippen molar-refractivity contribution in [1.82, 2.24) is 10.3 Å². The molecule has 0 aliphatic carbocycles. The average molecular weight is 335 g/mol. The standard InChI is InChI=1S/C17H16F3N3O/c18-17(19,20)13-5-3-4-12(10-13)16(24)22-14-7-9-23(11-14)15-6-1-2-8-21-15/h1-6,8,10,14H,7,9,11H2,(H,22,24)/t14-/m1/s1. The highest BCUT2D eigenvalue weighted by Gasteiger charge is 2.31. The summed E-state index contributed by atoms with van der Waals surface area (Å²) in [5.74, 6) is 0.335. The van der Waals surface area contributed by atoms with E-state index in [1.54, 1.807) is 6.20 Å². The predicted octanol–water partition coefficient (Wildman–Crippen LogP) is 3.11. The Kier molecular flexibility index (Phi) is 4.42. The van der Waals surface area contributed by atoms with Crippen molar-refractivity contribution in [3.8, 4) is 0 Å². The van der Waals surface area contributed by atoms with E-state index in [0.717, 1.165) is 30.9 Å². The van der Waals surface area contributed by atoms with E-state index in [9.17, 15) is 18.0 Å². The molecule has 1 N–H and O–H groups in total. The molecular formula is C17H16F3N3O. The highest BCUT2D eigenvalue weighted by molar-refractivity contribution is 5.94. The number of pyridine rings is 1. The van der Waals surface area contributed by atoms with Crippen molar-refractivity contribution in [2.75, 3.05) is 18.0 Å². The lowest BCUT2D eigenvalue weighted by Gasteiger charge is -2.18. The van der Waals surface area contributed by atoms with Gasteiger partial charge in [0.2, 0.25) is 0 Å². The summed E-state index contributed by atoms with van der Waals surface area (Å²) < 4.78 is 38.2. The summed E-state index contributed by atoms with van der Waals surface area (Å²) in [4.78, 5) is 18.5. The normalized spacial score (nSPS) is 17.8. The molecule has 0 unspecified atom stereocenters. The summed E-state index contributed by atoms with van der Waals surface area (Å²) >= 11 is 0. The quantitative estimate of drug-likeness (QED) is 0.937. The topological polar surface area (TPSA) is 45.2 Å². The van der Waals surface area contributed by atoms with Crippen molar-refractivity contribution in [3.63, 3.8) is 0 Å². The fourth-order valence-corrected chi connectivity index (χ4v) is 2.73. The van der Waals surface area contributed by atoms with Crippen LogP contribution in [0, 0.1) is 0 Å². The van der Waals surface area contributed by atoms with E-state index in [-0.39, 0.29) is 11.6 Å². The number of carbonyl (C=O) groups is 1. The van der Waals surface area contributed by atoms with Crippen LogP contribution in [0.1, 0.15) is 22.3 Å². The van der Waals surface area contributed by atoms with Gasteiger partial charge in [0.05, 0.1) is 5.56 Å². The van der Waals surface area contributed by atoms with Crippen LogP contribution >= 0.6 is 0 Å². The van der Waals surface area contributed by atoms with Crippen LogP contribution in [0.5, 0.6) is 0 Å². The van der Waals surface area contributed by atoms with Gasteiger partial charge in [0.1, 0.15) is 5.82 Å². The zero-order valence-electron chi connectivity index (χ0n) is 12.8. The molecule has 1 atom stereocenters. The number of rotatable bonds is 3. The number of nitrogens with zero attached hydrogens (tertiary/aromatic N) is 2. The van der Waals surface area contributed by atoms with Crippen LogP contribution in [-0.2, 0) is 6.18 Å². The van der Waals surface area contributed by atoms with Gasteiger partial charge in [-0.05, 0) is 36.8 Å². The first-order valence-corrected chi connectivity index (χ1v) is 7.57. The van der Waals surface area contributed by atoms with E-state index in [2.05, 4.69) is 10.3 Å². The van der Waals surface area contributed by atoms with E-state index in [4.69, 9.17) is 0 Å². The first-order valence-electron chi connectivity index (χ1n) is 7.57.